The van der Waals surface area contributed by atoms with E-state index in [-0.39, 0.29) is 11.8 Å². The SMILES string of the molecule is CCCCC(CC)COCC1(COCC(CC)CCCC)COc2csc(-c3ccc4c(c3)N(CC(CC)CCCC)C(=O)/C4=C3/C(=O)N(CC(CC)CCCC)c4ccccc43)c2OC1. The first-order valence-electron chi connectivity index (χ1n) is 26.3. The van der Waals surface area contributed by atoms with Crippen LogP contribution in [-0.4, -0.2) is 64.5 Å². The van der Waals surface area contributed by atoms with Crippen LogP contribution in [0.15, 0.2) is 47.8 Å². The normalized spacial score (nSPS) is 19.8. The first-order chi connectivity index (χ1) is 32.2. The summed E-state index contributed by atoms with van der Waals surface area (Å²) >= 11 is 1.61. The van der Waals surface area contributed by atoms with Gasteiger partial charge in [0.05, 0.1) is 46.0 Å². The number of ether oxygens (including phenoxy) is 4. The monoisotopic (exact) mass is 925 g/mol. The van der Waals surface area contributed by atoms with Gasteiger partial charge in [0.1, 0.15) is 13.2 Å². The maximum absolute atomic E-state index is 15.1. The molecule has 6 rings (SSSR count). The number of amides is 2. The van der Waals surface area contributed by atoms with Crippen molar-refractivity contribution < 1.29 is 28.5 Å². The van der Waals surface area contributed by atoms with Crippen LogP contribution in [0, 0.1) is 29.1 Å². The van der Waals surface area contributed by atoms with Gasteiger partial charge in [0.25, 0.3) is 11.8 Å². The standard InChI is InChI=1S/C57H84N2O6S/c1-9-17-23-41(13-5)32-58-48-28-22-21-27-46(48)51(55(58)60)52-47-30-29-45(31-49(47)59(56(52)61)33-42(14-6)24-18-10-2)54-53-50(36-66-54)64-39-57(40-65-53,37-62-34-43(15-7)25-19-11-3)38-63-35-44(16-8)26-20-12-4/h21-22,27-31,36,41-44H,9-20,23-26,32-35,37-40H2,1-8H3/b52-51+. The molecule has 4 heterocycles. The molecule has 0 saturated carbocycles. The third-order valence-corrected chi connectivity index (χ3v) is 15.8. The summed E-state index contributed by atoms with van der Waals surface area (Å²) < 4.78 is 26.8. The molecule has 3 aliphatic heterocycles. The summed E-state index contributed by atoms with van der Waals surface area (Å²) in [5, 5.41) is 2.06. The molecule has 364 valence electrons. The summed E-state index contributed by atoms with van der Waals surface area (Å²) in [5.41, 5.74) is 5.02. The number of benzene rings is 2. The predicted molar refractivity (Wildman–Crippen MR) is 276 cm³/mol. The summed E-state index contributed by atoms with van der Waals surface area (Å²) in [4.78, 5) is 34.9. The van der Waals surface area contributed by atoms with E-state index < -0.39 is 5.41 Å². The zero-order chi connectivity index (χ0) is 47.1. The Morgan fingerprint density at radius 3 is 1.62 bits per heavy atom. The first kappa shape index (κ1) is 51.7. The Morgan fingerprint density at radius 2 is 1.09 bits per heavy atom. The fourth-order valence-electron chi connectivity index (χ4n) is 10.1. The van der Waals surface area contributed by atoms with Gasteiger partial charge in [-0.05, 0) is 67.1 Å². The van der Waals surface area contributed by atoms with Gasteiger partial charge in [-0.2, -0.15) is 0 Å². The Kier molecular flexibility index (Phi) is 20.1. The molecule has 66 heavy (non-hydrogen) atoms. The van der Waals surface area contributed by atoms with E-state index in [0.29, 0.717) is 74.3 Å². The fraction of sp³-hybridized carbons (Fsp3) is 0.649. The van der Waals surface area contributed by atoms with Gasteiger partial charge in [-0.3, -0.25) is 9.59 Å². The van der Waals surface area contributed by atoms with E-state index >= 15 is 4.79 Å². The summed E-state index contributed by atoms with van der Waals surface area (Å²) in [6.45, 7) is 22.5. The number of carbonyl (C=O) groups excluding carboxylic acids is 2. The topological polar surface area (TPSA) is 77.5 Å². The van der Waals surface area contributed by atoms with E-state index in [0.717, 1.165) is 122 Å². The minimum Gasteiger partial charge on any atom is -0.488 e. The maximum Gasteiger partial charge on any atom is 0.259 e. The molecular weight excluding hydrogens is 841 g/mol. The quantitative estimate of drug-likeness (QED) is 0.0646. The number of carbonyl (C=O) groups is 2. The highest BCUT2D eigenvalue weighted by Crippen LogP contribution is 2.51. The first-order valence-corrected chi connectivity index (χ1v) is 27.2. The minimum absolute atomic E-state index is 0.0627. The molecule has 2 aromatic carbocycles. The number of unbranched alkanes of at least 4 members (excludes halogenated alkanes) is 4. The minimum atomic E-state index is -0.471. The second-order valence-electron chi connectivity index (χ2n) is 19.9. The zero-order valence-electron chi connectivity index (χ0n) is 42.2. The van der Waals surface area contributed by atoms with E-state index in [1.165, 1.54) is 38.5 Å². The average molecular weight is 925 g/mol. The van der Waals surface area contributed by atoms with Crippen LogP contribution in [0.5, 0.6) is 11.5 Å². The van der Waals surface area contributed by atoms with Crippen molar-refractivity contribution >= 4 is 45.7 Å². The van der Waals surface area contributed by atoms with Crippen molar-refractivity contribution in [3.05, 3.63) is 59.0 Å². The van der Waals surface area contributed by atoms with Crippen molar-refractivity contribution in [3.8, 4) is 21.9 Å². The lowest BCUT2D eigenvalue weighted by Crippen LogP contribution is -2.43. The fourth-order valence-corrected chi connectivity index (χ4v) is 11.0. The molecule has 4 atom stereocenters. The van der Waals surface area contributed by atoms with Crippen LogP contribution in [0.4, 0.5) is 11.4 Å². The smallest absolute Gasteiger partial charge is 0.259 e. The lowest BCUT2D eigenvalue weighted by molar-refractivity contribution is -0.114. The molecule has 9 heteroatoms. The van der Waals surface area contributed by atoms with Crippen LogP contribution in [0.1, 0.15) is 169 Å². The van der Waals surface area contributed by atoms with Crippen LogP contribution >= 0.6 is 11.3 Å². The molecule has 0 spiro atoms. The molecule has 3 aliphatic rings. The Balaban J connectivity index is 1.34. The van der Waals surface area contributed by atoms with Gasteiger partial charge in [0, 0.05) is 42.8 Å². The Hall–Kier alpha value is -3.66. The van der Waals surface area contributed by atoms with Crippen LogP contribution in [0.3, 0.4) is 0 Å². The third kappa shape index (κ3) is 12.3. The second-order valence-corrected chi connectivity index (χ2v) is 20.7. The lowest BCUT2D eigenvalue weighted by Gasteiger charge is -2.32. The number of para-hydroxylation sites is 1. The number of rotatable bonds is 29. The molecule has 0 bridgehead atoms. The molecule has 0 N–H and O–H groups in total. The van der Waals surface area contributed by atoms with Crippen molar-refractivity contribution in [2.24, 2.45) is 29.1 Å². The van der Waals surface area contributed by atoms with Crippen LogP contribution in [0.25, 0.3) is 21.6 Å². The van der Waals surface area contributed by atoms with E-state index in [4.69, 9.17) is 18.9 Å². The van der Waals surface area contributed by atoms with Gasteiger partial charge in [0.2, 0.25) is 0 Å². The number of anilines is 2. The summed E-state index contributed by atoms with van der Waals surface area (Å²) in [5.74, 6) is 3.13. The molecule has 3 aromatic rings. The van der Waals surface area contributed by atoms with Gasteiger partial charge in [0.15, 0.2) is 11.5 Å². The van der Waals surface area contributed by atoms with Crippen LogP contribution < -0.4 is 19.3 Å². The molecule has 4 unspecified atom stereocenters. The van der Waals surface area contributed by atoms with E-state index in [2.05, 4.69) is 85.0 Å². The maximum atomic E-state index is 15.1. The molecule has 0 fully saturated rings. The summed E-state index contributed by atoms with van der Waals surface area (Å²) in [7, 11) is 0. The van der Waals surface area contributed by atoms with Crippen LogP contribution in [-0.2, 0) is 19.1 Å². The molecule has 1 aromatic heterocycles. The number of hydrogen-bond donors (Lipinski definition) is 0. The largest absolute Gasteiger partial charge is 0.488 e. The highest BCUT2D eigenvalue weighted by Gasteiger charge is 2.44. The van der Waals surface area contributed by atoms with Crippen molar-refractivity contribution in [1.82, 2.24) is 0 Å². The third-order valence-electron chi connectivity index (χ3n) is 14.8. The molecule has 0 saturated heterocycles. The van der Waals surface area contributed by atoms with E-state index in [9.17, 15) is 4.79 Å². The number of hydrogen-bond acceptors (Lipinski definition) is 7. The van der Waals surface area contributed by atoms with Gasteiger partial charge >= 0.3 is 0 Å². The van der Waals surface area contributed by atoms with Gasteiger partial charge in [-0.15, -0.1) is 11.3 Å². The molecule has 0 aliphatic carbocycles. The molecule has 2 amide bonds. The van der Waals surface area contributed by atoms with Crippen molar-refractivity contribution in [2.45, 2.75) is 158 Å². The molecular formula is C57H84N2O6S. The van der Waals surface area contributed by atoms with Gasteiger partial charge in [-0.1, -0.05) is 163 Å². The highest BCUT2D eigenvalue weighted by atomic mass is 32.1. The number of thiophene rings is 1. The summed E-state index contributed by atoms with van der Waals surface area (Å²) in [6, 6.07) is 14.4. The average Bonchev–Trinajstić information content (AvgIpc) is 3.91. The van der Waals surface area contributed by atoms with Crippen molar-refractivity contribution in [3.63, 3.8) is 0 Å². The number of fused-ring (bicyclic) bond motifs is 3. The van der Waals surface area contributed by atoms with Crippen molar-refractivity contribution in [2.75, 3.05) is 62.5 Å². The Morgan fingerprint density at radius 1 is 0.606 bits per heavy atom. The highest BCUT2D eigenvalue weighted by molar-refractivity contribution is 7.14. The predicted octanol–water partition coefficient (Wildman–Crippen LogP) is 14.7. The zero-order valence-corrected chi connectivity index (χ0v) is 43.0. The summed E-state index contributed by atoms with van der Waals surface area (Å²) in [6.07, 6.45) is 18.0. The van der Waals surface area contributed by atoms with Gasteiger partial charge < -0.3 is 28.7 Å². The molecule has 0 radical (unpaired) electrons. The number of nitrogens with zero attached hydrogens (tertiary/aromatic N) is 2. The molecule has 8 nitrogen and oxygen atoms in total. The second kappa shape index (κ2) is 25.6. The van der Waals surface area contributed by atoms with E-state index in [1.54, 1.807) is 11.3 Å². The van der Waals surface area contributed by atoms with E-state index in [1.807, 2.05) is 28.0 Å². The van der Waals surface area contributed by atoms with Crippen LogP contribution in [0.2, 0.25) is 0 Å². The Bertz CT molecular complexity index is 2020. The lowest BCUT2D eigenvalue weighted by atomic mass is 9.91. The van der Waals surface area contributed by atoms with Crippen molar-refractivity contribution in [1.29, 1.82) is 0 Å². The Labute approximate surface area is 403 Å². The van der Waals surface area contributed by atoms with Gasteiger partial charge in [-0.25, -0.2) is 0 Å².